The van der Waals surface area contributed by atoms with Crippen LogP contribution in [-0.2, 0) is 6.61 Å². The van der Waals surface area contributed by atoms with Crippen molar-refractivity contribution >= 4 is 34.7 Å². The van der Waals surface area contributed by atoms with Gasteiger partial charge in [0.05, 0.1) is 22.3 Å². The molecule has 0 unspecified atom stereocenters. The summed E-state index contributed by atoms with van der Waals surface area (Å²) in [6.07, 6.45) is 5.58. The van der Waals surface area contributed by atoms with E-state index in [-0.39, 0.29) is 18.1 Å². The summed E-state index contributed by atoms with van der Waals surface area (Å²) in [6.45, 7) is 1.45. The van der Waals surface area contributed by atoms with E-state index in [2.05, 4.69) is 14.9 Å². The van der Waals surface area contributed by atoms with Crippen molar-refractivity contribution in [1.82, 2.24) is 9.97 Å². The molecule has 1 saturated heterocycles. The van der Waals surface area contributed by atoms with E-state index in [0.717, 1.165) is 32.4 Å². The summed E-state index contributed by atoms with van der Waals surface area (Å²) in [7, 11) is 0. The number of halogens is 2. The predicted octanol–water partition coefficient (Wildman–Crippen LogP) is 3.62. The van der Waals surface area contributed by atoms with E-state index in [9.17, 15) is 5.11 Å². The Morgan fingerprint density at radius 1 is 1.18 bits per heavy atom. The number of piperidine rings is 1. The molecule has 8 heteroatoms. The summed E-state index contributed by atoms with van der Waals surface area (Å²) >= 11 is 12.4. The van der Waals surface area contributed by atoms with Crippen LogP contribution in [0.4, 0.5) is 11.5 Å². The number of nitrogens with zero attached hydrogens (tertiary/aromatic N) is 3. The highest BCUT2D eigenvalue weighted by Gasteiger charge is 2.43. The Bertz CT molecular complexity index is 883. The van der Waals surface area contributed by atoms with Gasteiger partial charge in [0.2, 0.25) is 0 Å². The van der Waals surface area contributed by atoms with Crippen LogP contribution in [0.25, 0.3) is 11.4 Å². The fourth-order valence-corrected chi connectivity index (χ4v) is 5.12. The van der Waals surface area contributed by atoms with E-state index in [4.69, 9.17) is 34.7 Å². The largest absolute Gasteiger partial charge is 0.390 e. The first-order valence-corrected chi connectivity index (χ1v) is 10.4. The van der Waals surface area contributed by atoms with Crippen LogP contribution in [-0.4, -0.2) is 34.2 Å². The minimum atomic E-state index is -0.228. The van der Waals surface area contributed by atoms with Crippen molar-refractivity contribution in [1.29, 1.82) is 0 Å². The van der Waals surface area contributed by atoms with Crippen molar-refractivity contribution in [2.75, 3.05) is 23.7 Å². The molecule has 2 aliphatic rings. The zero-order chi connectivity index (χ0) is 19.9. The number of hydrogen-bond donors (Lipinski definition) is 3. The van der Waals surface area contributed by atoms with Crippen LogP contribution >= 0.6 is 23.2 Å². The van der Waals surface area contributed by atoms with Crippen molar-refractivity contribution in [2.24, 2.45) is 11.1 Å². The van der Waals surface area contributed by atoms with Crippen LogP contribution in [0.15, 0.2) is 18.2 Å². The molecule has 4 rings (SSSR count). The Balaban J connectivity index is 1.65. The molecule has 5 N–H and O–H groups in total. The zero-order valence-corrected chi connectivity index (χ0v) is 17.2. The van der Waals surface area contributed by atoms with Gasteiger partial charge in [-0.1, -0.05) is 35.7 Å². The van der Waals surface area contributed by atoms with E-state index in [1.165, 1.54) is 12.8 Å². The molecule has 2 heterocycles. The Morgan fingerprint density at radius 2 is 1.93 bits per heavy atom. The highest BCUT2D eigenvalue weighted by Crippen LogP contribution is 2.46. The normalized spacial score (nSPS) is 21.4. The van der Waals surface area contributed by atoms with Gasteiger partial charge in [0.25, 0.3) is 0 Å². The molecule has 28 heavy (non-hydrogen) atoms. The summed E-state index contributed by atoms with van der Waals surface area (Å²) in [4.78, 5) is 11.2. The highest BCUT2D eigenvalue weighted by molar-refractivity contribution is 6.43. The molecule has 6 nitrogen and oxygen atoms in total. The SMILES string of the molecule is Nc1nc(-c2cccc(Cl)c2Cl)nc(CO)c1N1CCC2(CCC[C@H]2N)CC1. The molecule has 0 radical (unpaired) electrons. The maximum atomic E-state index is 9.96. The van der Waals surface area contributed by atoms with Crippen LogP contribution in [0.3, 0.4) is 0 Å². The van der Waals surface area contributed by atoms with Crippen LogP contribution in [0.2, 0.25) is 10.0 Å². The molecule has 1 atom stereocenters. The molecule has 150 valence electrons. The van der Waals surface area contributed by atoms with Gasteiger partial charge >= 0.3 is 0 Å². The highest BCUT2D eigenvalue weighted by atomic mass is 35.5. The van der Waals surface area contributed by atoms with Gasteiger partial charge in [-0.05, 0) is 43.2 Å². The van der Waals surface area contributed by atoms with Gasteiger partial charge in [0.15, 0.2) is 11.6 Å². The van der Waals surface area contributed by atoms with Gasteiger partial charge in [0, 0.05) is 24.7 Å². The molecular formula is C20H25Cl2N5O. The smallest absolute Gasteiger partial charge is 0.163 e. The lowest BCUT2D eigenvalue weighted by Gasteiger charge is -2.43. The van der Waals surface area contributed by atoms with Crippen molar-refractivity contribution in [2.45, 2.75) is 44.8 Å². The third-order valence-electron chi connectivity index (χ3n) is 6.38. The monoisotopic (exact) mass is 421 g/mol. The number of nitrogens with two attached hydrogens (primary N) is 2. The number of anilines is 2. The first-order chi connectivity index (χ1) is 13.4. The molecule has 1 saturated carbocycles. The van der Waals surface area contributed by atoms with Gasteiger partial charge in [-0.15, -0.1) is 0 Å². The first kappa shape index (κ1) is 19.7. The van der Waals surface area contributed by atoms with Gasteiger partial charge in [-0.3, -0.25) is 0 Å². The molecule has 2 aromatic rings. The zero-order valence-electron chi connectivity index (χ0n) is 15.7. The van der Waals surface area contributed by atoms with Gasteiger partial charge < -0.3 is 21.5 Å². The van der Waals surface area contributed by atoms with Crippen LogP contribution in [0.1, 0.15) is 37.8 Å². The summed E-state index contributed by atoms with van der Waals surface area (Å²) in [5, 5.41) is 10.8. The summed E-state index contributed by atoms with van der Waals surface area (Å²) < 4.78 is 0. The Kier molecular flexibility index (Phi) is 5.40. The maximum absolute atomic E-state index is 9.96. The van der Waals surface area contributed by atoms with Crippen molar-refractivity contribution in [3.8, 4) is 11.4 Å². The van der Waals surface area contributed by atoms with E-state index in [1.54, 1.807) is 18.2 Å². The lowest BCUT2D eigenvalue weighted by molar-refractivity contribution is 0.197. The van der Waals surface area contributed by atoms with Gasteiger partial charge in [0.1, 0.15) is 5.69 Å². The first-order valence-electron chi connectivity index (χ1n) is 9.67. The molecule has 0 bridgehead atoms. The molecule has 0 amide bonds. The van der Waals surface area contributed by atoms with Crippen LogP contribution in [0.5, 0.6) is 0 Å². The molecule has 1 aliphatic carbocycles. The summed E-state index contributed by atoms with van der Waals surface area (Å²) in [5.74, 6) is 0.709. The third-order valence-corrected chi connectivity index (χ3v) is 7.20. The molecule has 1 aromatic heterocycles. The molecule has 1 spiro atoms. The number of nitrogen functional groups attached to an aromatic ring is 1. The number of aliphatic hydroxyl groups excluding tert-OH is 1. The van der Waals surface area contributed by atoms with Crippen molar-refractivity contribution < 1.29 is 5.11 Å². The average Bonchev–Trinajstić information content (AvgIpc) is 3.04. The van der Waals surface area contributed by atoms with E-state index in [0.29, 0.717) is 38.6 Å². The number of rotatable bonds is 3. The Labute approximate surface area is 174 Å². The lowest BCUT2D eigenvalue weighted by Crippen LogP contribution is -2.47. The standard InChI is InChI=1S/C20H25Cl2N5O/c21-13-4-1-3-12(16(13)22)19-25-14(11-28)17(18(24)26-19)27-9-7-20(8-10-27)6-2-5-15(20)23/h1,3-4,15,28H,2,5-11,23H2,(H2,24,25,26)/t15-/m1/s1. The minimum Gasteiger partial charge on any atom is -0.390 e. The van der Waals surface area contributed by atoms with Crippen molar-refractivity contribution in [3.05, 3.63) is 33.9 Å². The van der Waals surface area contributed by atoms with Crippen molar-refractivity contribution in [3.63, 3.8) is 0 Å². The Hall–Kier alpha value is -1.60. The van der Waals surface area contributed by atoms with Crippen LogP contribution in [0, 0.1) is 5.41 Å². The lowest BCUT2D eigenvalue weighted by atomic mass is 9.74. The number of aliphatic hydroxyl groups is 1. The third kappa shape index (κ3) is 3.32. The number of benzene rings is 1. The fraction of sp³-hybridized carbons (Fsp3) is 0.500. The van der Waals surface area contributed by atoms with Gasteiger partial charge in [-0.25, -0.2) is 9.97 Å². The van der Waals surface area contributed by atoms with E-state index < -0.39 is 0 Å². The second kappa shape index (κ2) is 7.67. The maximum Gasteiger partial charge on any atom is 0.163 e. The summed E-state index contributed by atoms with van der Waals surface area (Å²) in [5.41, 5.74) is 14.8. The quantitative estimate of drug-likeness (QED) is 0.699. The molecule has 2 fully saturated rings. The molecule has 1 aromatic carbocycles. The Morgan fingerprint density at radius 3 is 2.57 bits per heavy atom. The minimum absolute atomic E-state index is 0.228. The molecular weight excluding hydrogens is 397 g/mol. The topological polar surface area (TPSA) is 101 Å². The van der Waals surface area contributed by atoms with E-state index >= 15 is 0 Å². The van der Waals surface area contributed by atoms with Gasteiger partial charge in [-0.2, -0.15) is 0 Å². The second-order valence-corrected chi connectivity index (χ2v) is 8.62. The average molecular weight is 422 g/mol. The van der Waals surface area contributed by atoms with Crippen LogP contribution < -0.4 is 16.4 Å². The number of aromatic nitrogens is 2. The van der Waals surface area contributed by atoms with E-state index in [1.807, 2.05) is 0 Å². The molecule has 1 aliphatic heterocycles. The predicted molar refractivity (Wildman–Crippen MR) is 114 cm³/mol. The fourth-order valence-electron chi connectivity index (χ4n) is 4.73. The second-order valence-electron chi connectivity index (χ2n) is 7.84. The number of hydrogen-bond acceptors (Lipinski definition) is 6. The summed E-state index contributed by atoms with van der Waals surface area (Å²) in [6, 6.07) is 5.56.